The molecule has 0 bridgehead atoms. The molecule has 0 radical (unpaired) electrons. The topological polar surface area (TPSA) is 105 Å². The molecule has 1 saturated heterocycles. The maximum absolute atomic E-state index is 12.9. The molecular formula is C18H18FN3O4S. The van der Waals surface area contributed by atoms with Crippen LogP contribution in [0, 0.1) is 5.82 Å². The van der Waals surface area contributed by atoms with Crippen molar-refractivity contribution < 1.29 is 22.4 Å². The average Bonchev–Trinajstić information content (AvgIpc) is 2.99. The van der Waals surface area contributed by atoms with E-state index >= 15 is 0 Å². The maximum atomic E-state index is 12.9. The summed E-state index contributed by atoms with van der Waals surface area (Å²) in [6.07, 6.45) is 3.02. The minimum atomic E-state index is -3.10. The number of nitrogens with zero attached hydrogens (tertiary/aromatic N) is 1. The molecule has 2 amide bonds. The summed E-state index contributed by atoms with van der Waals surface area (Å²) >= 11 is 0. The van der Waals surface area contributed by atoms with Crippen LogP contribution < -0.4 is 10.6 Å². The van der Waals surface area contributed by atoms with Crippen molar-refractivity contribution in [3.63, 3.8) is 0 Å². The molecule has 0 aliphatic carbocycles. The molecule has 27 heavy (non-hydrogen) atoms. The van der Waals surface area contributed by atoms with Crippen molar-refractivity contribution in [3.8, 4) is 0 Å². The van der Waals surface area contributed by atoms with Gasteiger partial charge < -0.3 is 10.6 Å². The molecule has 9 heteroatoms. The lowest BCUT2D eigenvalue weighted by Crippen LogP contribution is -2.35. The fourth-order valence-electron chi connectivity index (χ4n) is 2.75. The van der Waals surface area contributed by atoms with Crippen LogP contribution >= 0.6 is 0 Å². The van der Waals surface area contributed by atoms with Gasteiger partial charge >= 0.3 is 0 Å². The molecule has 1 aromatic carbocycles. The largest absolute Gasteiger partial charge is 0.348 e. The summed E-state index contributed by atoms with van der Waals surface area (Å²) in [7, 11) is -3.10. The summed E-state index contributed by atoms with van der Waals surface area (Å²) < 4.78 is 35.8. The maximum Gasteiger partial charge on any atom is 0.253 e. The smallest absolute Gasteiger partial charge is 0.253 e. The first-order valence-corrected chi connectivity index (χ1v) is 10.1. The first-order valence-electron chi connectivity index (χ1n) is 8.31. The van der Waals surface area contributed by atoms with E-state index in [1.165, 1.54) is 30.6 Å². The SMILES string of the molecule is O=C(NCc1ccc(F)cc1)c1cncc(C(=O)NC2CCS(=O)(=O)C2)c1. The van der Waals surface area contributed by atoms with Crippen LogP contribution in [0.4, 0.5) is 4.39 Å². The van der Waals surface area contributed by atoms with E-state index in [0.717, 1.165) is 5.56 Å². The van der Waals surface area contributed by atoms with E-state index < -0.39 is 27.7 Å². The van der Waals surface area contributed by atoms with Crippen molar-refractivity contribution in [2.45, 2.75) is 19.0 Å². The number of halogens is 1. The number of nitrogens with one attached hydrogen (secondary N) is 2. The second-order valence-electron chi connectivity index (χ2n) is 6.34. The van der Waals surface area contributed by atoms with Crippen LogP contribution in [0.5, 0.6) is 0 Å². The van der Waals surface area contributed by atoms with E-state index in [1.54, 1.807) is 12.1 Å². The first-order chi connectivity index (χ1) is 12.8. The second kappa shape index (κ2) is 7.83. The summed E-state index contributed by atoms with van der Waals surface area (Å²) in [6.45, 7) is 0.204. The fourth-order valence-corrected chi connectivity index (χ4v) is 4.43. The number of hydrogen-bond acceptors (Lipinski definition) is 5. The predicted octanol–water partition coefficient (Wildman–Crippen LogP) is 1.07. The highest BCUT2D eigenvalue weighted by Crippen LogP contribution is 2.12. The summed E-state index contributed by atoms with van der Waals surface area (Å²) in [5.74, 6) is -1.28. The summed E-state index contributed by atoms with van der Waals surface area (Å²) in [4.78, 5) is 28.4. The van der Waals surface area contributed by atoms with E-state index in [4.69, 9.17) is 0 Å². The Morgan fingerprint density at radius 1 is 1.11 bits per heavy atom. The average molecular weight is 391 g/mol. The zero-order chi connectivity index (χ0) is 19.4. The third-order valence-corrected chi connectivity index (χ3v) is 5.96. The van der Waals surface area contributed by atoms with Crippen LogP contribution in [0.1, 0.15) is 32.7 Å². The molecule has 1 atom stereocenters. The highest BCUT2D eigenvalue weighted by atomic mass is 32.2. The van der Waals surface area contributed by atoms with Crippen molar-refractivity contribution in [2.24, 2.45) is 0 Å². The lowest BCUT2D eigenvalue weighted by molar-refractivity contribution is 0.0940. The van der Waals surface area contributed by atoms with Gasteiger partial charge in [0.05, 0.1) is 22.6 Å². The van der Waals surface area contributed by atoms with Crippen molar-refractivity contribution in [2.75, 3.05) is 11.5 Å². The zero-order valence-electron chi connectivity index (χ0n) is 14.3. The molecule has 1 aliphatic rings. The van der Waals surface area contributed by atoms with E-state index in [0.29, 0.717) is 6.42 Å². The van der Waals surface area contributed by atoms with Gasteiger partial charge in [0.15, 0.2) is 9.84 Å². The van der Waals surface area contributed by atoms with Gasteiger partial charge in [-0.25, -0.2) is 12.8 Å². The summed E-state index contributed by atoms with van der Waals surface area (Å²) in [5.41, 5.74) is 1.10. The second-order valence-corrected chi connectivity index (χ2v) is 8.57. The summed E-state index contributed by atoms with van der Waals surface area (Å²) in [5, 5.41) is 5.33. The van der Waals surface area contributed by atoms with Crippen LogP contribution in [-0.4, -0.2) is 42.8 Å². The first kappa shape index (κ1) is 19.0. The van der Waals surface area contributed by atoms with Crippen LogP contribution in [0.3, 0.4) is 0 Å². The normalized spacial score (nSPS) is 18.0. The Balaban J connectivity index is 1.61. The monoisotopic (exact) mass is 391 g/mol. The van der Waals surface area contributed by atoms with Crippen molar-refractivity contribution in [3.05, 3.63) is 65.2 Å². The molecule has 1 aliphatic heterocycles. The number of aromatic nitrogens is 1. The zero-order valence-corrected chi connectivity index (χ0v) is 15.1. The minimum absolute atomic E-state index is 0.0576. The van der Waals surface area contributed by atoms with E-state index in [9.17, 15) is 22.4 Å². The van der Waals surface area contributed by atoms with Crippen LogP contribution in [-0.2, 0) is 16.4 Å². The Morgan fingerprint density at radius 3 is 2.41 bits per heavy atom. The van der Waals surface area contributed by atoms with E-state index in [2.05, 4.69) is 15.6 Å². The highest BCUT2D eigenvalue weighted by molar-refractivity contribution is 7.91. The van der Waals surface area contributed by atoms with Gasteiger partial charge in [0.1, 0.15) is 5.82 Å². The van der Waals surface area contributed by atoms with Crippen molar-refractivity contribution >= 4 is 21.7 Å². The number of pyridine rings is 1. The molecule has 0 saturated carbocycles. The number of hydrogen-bond donors (Lipinski definition) is 2. The Morgan fingerprint density at radius 2 is 1.78 bits per heavy atom. The Bertz CT molecular complexity index is 961. The molecular weight excluding hydrogens is 373 g/mol. The number of rotatable bonds is 5. The van der Waals surface area contributed by atoms with Gasteiger partial charge in [-0.3, -0.25) is 14.6 Å². The predicted molar refractivity (Wildman–Crippen MR) is 96.3 cm³/mol. The van der Waals surface area contributed by atoms with E-state index in [-0.39, 0.29) is 35.0 Å². The number of benzene rings is 1. The molecule has 3 rings (SSSR count). The number of carbonyl (C=O) groups is 2. The molecule has 1 fully saturated rings. The van der Waals surface area contributed by atoms with Crippen LogP contribution in [0.25, 0.3) is 0 Å². The van der Waals surface area contributed by atoms with Crippen LogP contribution in [0.15, 0.2) is 42.7 Å². The molecule has 2 heterocycles. The van der Waals surface area contributed by atoms with Gasteiger partial charge in [0, 0.05) is 25.0 Å². The molecule has 7 nitrogen and oxygen atoms in total. The fraction of sp³-hybridized carbons (Fsp3) is 0.278. The third kappa shape index (κ3) is 5.10. The van der Waals surface area contributed by atoms with Crippen molar-refractivity contribution in [1.29, 1.82) is 0 Å². The Labute approximate surface area is 155 Å². The van der Waals surface area contributed by atoms with Gasteiger partial charge in [-0.2, -0.15) is 0 Å². The molecule has 2 N–H and O–H groups in total. The van der Waals surface area contributed by atoms with E-state index in [1.807, 2.05) is 0 Å². The van der Waals surface area contributed by atoms with Gasteiger partial charge in [-0.15, -0.1) is 0 Å². The van der Waals surface area contributed by atoms with Gasteiger partial charge in [-0.05, 0) is 30.2 Å². The third-order valence-electron chi connectivity index (χ3n) is 4.20. The molecule has 142 valence electrons. The molecule has 1 unspecified atom stereocenters. The minimum Gasteiger partial charge on any atom is -0.348 e. The number of sulfone groups is 1. The summed E-state index contributed by atoms with van der Waals surface area (Å²) in [6, 6.07) is 6.69. The Hall–Kier alpha value is -2.81. The Kier molecular flexibility index (Phi) is 5.50. The lowest BCUT2D eigenvalue weighted by atomic mass is 10.1. The molecule has 1 aromatic heterocycles. The standard InChI is InChI=1S/C18H18FN3O4S/c19-15-3-1-12(2-4-15)8-21-17(23)13-7-14(10-20-9-13)18(24)22-16-5-6-27(25,26)11-16/h1-4,7,9-10,16H,5-6,8,11H2,(H,21,23)(H,22,24). The van der Waals surface area contributed by atoms with Crippen molar-refractivity contribution in [1.82, 2.24) is 15.6 Å². The van der Waals surface area contributed by atoms with Crippen LogP contribution in [0.2, 0.25) is 0 Å². The van der Waals surface area contributed by atoms with Gasteiger partial charge in [-0.1, -0.05) is 12.1 Å². The number of amides is 2. The highest BCUT2D eigenvalue weighted by Gasteiger charge is 2.29. The van der Waals surface area contributed by atoms with Gasteiger partial charge in [0.25, 0.3) is 11.8 Å². The lowest BCUT2D eigenvalue weighted by Gasteiger charge is -2.11. The van der Waals surface area contributed by atoms with Gasteiger partial charge in [0.2, 0.25) is 0 Å². The molecule has 0 spiro atoms. The quantitative estimate of drug-likeness (QED) is 0.793. The number of carbonyl (C=O) groups excluding carboxylic acids is 2. The molecule has 2 aromatic rings.